The maximum absolute atomic E-state index is 12.1. The van der Waals surface area contributed by atoms with Gasteiger partial charge in [-0.05, 0) is 41.8 Å². The molecular weight excluding hydrogens is 316 g/mol. The van der Waals surface area contributed by atoms with E-state index in [4.69, 9.17) is 9.47 Å². The molecule has 132 valence electrons. The molecule has 1 amide bonds. The second-order valence-corrected chi connectivity index (χ2v) is 6.17. The first-order valence-corrected chi connectivity index (χ1v) is 8.50. The molecule has 0 aromatic heterocycles. The molecule has 0 spiro atoms. The van der Waals surface area contributed by atoms with E-state index < -0.39 is 0 Å². The molecule has 1 N–H and O–H groups in total. The summed E-state index contributed by atoms with van der Waals surface area (Å²) in [7, 11) is 3.31. The summed E-state index contributed by atoms with van der Waals surface area (Å²) >= 11 is 0. The summed E-state index contributed by atoms with van der Waals surface area (Å²) in [6, 6.07) is 13.7. The van der Waals surface area contributed by atoms with Crippen LogP contribution in [0.1, 0.15) is 17.5 Å². The Morgan fingerprint density at radius 2 is 1.76 bits per heavy atom. The van der Waals surface area contributed by atoms with Gasteiger partial charge in [-0.1, -0.05) is 18.2 Å². The van der Waals surface area contributed by atoms with Crippen LogP contribution in [0.15, 0.2) is 42.5 Å². The molecule has 0 aliphatic carbocycles. The average molecular weight is 340 g/mol. The Bertz CT molecular complexity index is 731. The molecule has 5 nitrogen and oxygen atoms in total. The molecule has 5 heteroatoms. The van der Waals surface area contributed by atoms with Crippen LogP contribution in [0.2, 0.25) is 0 Å². The van der Waals surface area contributed by atoms with Gasteiger partial charge in [-0.25, -0.2) is 0 Å². The smallest absolute Gasteiger partial charge is 0.225 e. The van der Waals surface area contributed by atoms with Gasteiger partial charge in [-0.15, -0.1) is 0 Å². The van der Waals surface area contributed by atoms with Crippen molar-refractivity contribution in [3.8, 4) is 11.5 Å². The number of nitrogens with one attached hydrogen (secondary N) is 1. The highest BCUT2D eigenvalue weighted by Crippen LogP contribution is 2.33. The van der Waals surface area contributed by atoms with Gasteiger partial charge in [-0.3, -0.25) is 9.69 Å². The fourth-order valence-corrected chi connectivity index (χ4v) is 3.14. The summed E-state index contributed by atoms with van der Waals surface area (Å²) in [5, 5.41) is 2.93. The van der Waals surface area contributed by atoms with Gasteiger partial charge in [0.15, 0.2) is 11.5 Å². The van der Waals surface area contributed by atoms with Crippen molar-refractivity contribution < 1.29 is 14.3 Å². The van der Waals surface area contributed by atoms with Gasteiger partial charge >= 0.3 is 0 Å². The molecule has 0 radical (unpaired) electrons. The van der Waals surface area contributed by atoms with Crippen LogP contribution in [0.4, 0.5) is 5.69 Å². The summed E-state index contributed by atoms with van der Waals surface area (Å²) in [5.41, 5.74) is 3.38. The molecule has 0 fully saturated rings. The van der Waals surface area contributed by atoms with E-state index in [2.05, 4.69) is 16.3 Å². The molecule has 0 atom stereocenters. The number of fused-ring (bicyclic) bond motifs is 1. The predicted molar refractivity (Wildman–Crippen MR) is 98.2 cm³/mol. The molecule has 1 aliphatic heterocycles. The SMILES string of the molecule is COc1cc2c(cc1OC)CN(CCC(=O)Nc1ccccc1)CC2. The van der Waals surface area contributed by atoms with Crippen LogP contribution in [0.5, 0.6) is 11.5 Å². The zero-order chi connectivity index (χ0) is 17.6. The molecule has 0 bridgehead atoms. The molecule has 2 aromatic carbocycles. The first kappa shape index (κ1) is 17.3. The lowest BCUT2D eigenvalue weighted by atomic mass is 9.98. The van der Waals surface area contributed by atoms with Gasteiger partial charge in [-0.2, -0.15) is 0 Å². The van der Waals surface area contributed by atoms with Gasteiger partial charge in [0, 0.05) is 31.7 Å². The van der Waals surface area contributed by atoms with E-state index in [1.807, 2.05) is 36.4 Å². The van der Waals surface area contributed by atoms with E-state index in [9.17, 15) is 4.79 Å². The quantitative estimate of drug-likeness (QED) is 0.878. The Hall–Kier alpha value is -2.53. The Morgan fingerprint density at radius 1 is 1.08 bits per heavy atom. The molecule has 1 heterocycles. The van der Waals surface area contributed by atoms with E-state index in [-0.39, 0.29) is 5.91 Å². The largest absolute Gasteiger partial charge is 0.493 e. The molecule has 1 aliphatic rings. The van der Waals surface area contributed by atoms with Gasteiger partial charge in [0.2, 0.25) is 5.91 Å². The lowest BCUT2D eigenvalue weighted by molar-refractivity contribution is -0.116. The standard InChI is InChI=1S/C20H24N2O3/c1-24-18-12-15-8-10-22(14-16(15)13-19(18)25-2)11-9-20(23)21-17-6-4-3-5-7-17/h3-7,12-13H,8-11,14H2,1-2H3,(H,21,23). The van der Waals surface area contributed by atoms with Crippen molar-refractivity contribution in [1.29, 1.82) is 0 Å². The summed E-state index contributed by atoms with van der Waals surface area (Å²) < 4.78 is 10.8. The van der Waals surface area contributed by atoms with Crippen LogP contribution in [-0.2, 0) is 17.8 Å². The topological polar surface area (TPSA) is 50.8 Å². The van der Waals surface area contributed by atoms with Crippen LogP contribution in [-0.4, -0.2) is 38.1 Å². The second kappa shape index (κ2) is 8.03. The summed E-state index contributed by atoms with van der Waals surface area (Å²) in [6.07, 6.45) is 1.44. The molecule has 3 rings (SSSR count). The van der Waals surface area contributed by atoms with Crippen LogP contribution in [0.3, 0.4) is 0 Å². The van der Waals surface area contributed by atoms with Crippen LogP contribution in [0.25, 0.3) is 0 Å². The summed E-state index contributed by atoms with van der Waals surface area (Å²) in [5.74, 6) is 1.58. The van der Waals surface area contributed by atoms with Crippen LogP contribution < -0.4 is 14.8 Å². The Kier molecular flexibility index (Phi) is 5.56. The summed E-state index contributed by atoms with van der Waals surface area (Å²) in [4.78, 5) is 14.4. The fourth-order valence-electron chi connectivity index (χ4n) is 3.14. The number of amides is 1. The number of para-hydroxylation sites is 1. The highest BCUT2D eigenvalue weighted by molar-refractivity contribution is 5.90. The number of methoxy groups -OCH3 is 2. The molecule has 25 heavy (non-hydrogen) atoms. The number of rotatable bonds is 6. The second-order valence-electron chi connectivity index (χ2n) is 6.17. The van der Waals surface area contributed by atoms with Crippen molar-refractivity contribution in [1.82, 2.24) is 4.90 Å². The predicted octanol–water partition coefficient (Wildman–Crippen LogP) is 3.09. The molecule has 0 saturated heterocycles. The highest BCUT2D eigenvalue weighted by Gasteiger charge is 2.19. The number of nitrogens with zero attached hydrogens (tertiary/aromatic N) is 1. The molecule has 0 unspecified atom stereocenters. The minimum Gasteiger partial charge on any atom is -0.493 e. The number of hydrogen-bond acceptors (Lipinski definition) is 4. The monoisotopic (exact) mass is 340 g/mol. The highest BCUT2D eigenvalue weighted by atomic mass is 16.5. The maximum Gasteiger partial charge on any atom is 0.225 e. The van der Waals surface area contributed by atoms with Crippen molar-refractivity contribution in [3.05, 3.63) is 53.6 Å². The average Bonchev–Trinajstić information content (AvgIpc) is 2.65. The lowest BCUT2D eigenvalue weighted by Crippen LogP contribution is -2.33. The molecule has 2 aromatic rings. The normalized spacial score (nSPS) is 13.8. The van der Waals surface area contributed by atoms with E-state index >= 15 is 0 Å². The zero-order valence-corrected chi connectivity index (χ0v) is 14.7. The van der Waals surface area contributed by atoms with E-state index in [1.165, 1.54) is 11.1 Å². The number of carbonyl (C=O) groups is 1. The Labute approximate surface area is 148 Å². The minimum atomic E-state index is 0.0457. The number of hydrogen-bond donors (Lipinski definition) is 1. The lowest BCUT2D eigenvalue weighted by Gasteiger charge is -2.29. The van der Waals surface area contributed by atoms with Crippen molar-refractivity contribution in [2.75, 3.05) is 32.6 Å². The number of benzene rings is 2. The van der Waals surface area contributed by atoms with Gasteiger partial charge in [0.1, 0.15) is 0 Å². The Morgan fingerprint density at radius 3 is 2.44 bits per heavy atom. The maximum atomic E-state index is 12.1. The number of anilines is 1. The van der Waals surface area contributed by atoms with Crippen LogP contribution in [0, 0.1) is 0 Å². The van der Waals surface area contributed by atoms with Crippen molar-refractivity contribution in [3.63, 3.8) is 0 Å². The first-order valence-electron chi connectivity index (χ1n) is 8.50. The van der Waals surface area contributed by atoms with E-state index in [0.29, 0.717) is 6.42 Å². The third-order valence-electron chi connectivity index (χ3n) is 4.51. The number of carbonyl (C=O) groups excluding carboxylic acids is 1. The third kappa shape index (κ3) is 4.31. The van der Waals surface area contributed by atoms with Gasteiger partial charge in [0.05, 0.1) is 14.2 Å². The van der Waals surface area contributed by atoms with Gasteiger partial charge in [0.25, 0.3) is 0 Å². The van der Waals surface area contributed by atoms with Crippen LogP contribution >= 0.6 is 0 Å². The molecular formula is C20H24N2O3. The zero-order valence-electron chi connectivity index (χ0n) is 14.7. The fraction of sp³-hybridized carbons (Fsp3) is 0.350. The van der Waals surface area contributed by atoms with Crippen molar-refractivity contribution in [2.24, 2.45) is 0 Å². The molecule has 0 saturated carbocycles. The minimum absolute atomic E-state index is 0.0457. The van der Waals surface area contributed by atoms with Crippen molar-refractivity contribution in [2.45, 2.75) is 19.4 Å². The Balaban J connectivity index is 1.57. The first-order chi connectivity index (χ1) is 12.2. The van der Waals surface area contributed by atoms with Gasteiger partial charge < -0.3 is 14.8 Å². The van der Waals surface area contributed by atoms with Crippen molar-refractivity contribution >= 4 is 11.6 Å². The number of ether oxygens (including phenoxy) is 2. The summed E-state index contributed by atoms with van der Waals surface area (Å²) in [6.45, 7) is 2.52. The third-order valence-corrected chi connectivity index (χ3v) is 4.51. The van der Waals surface area contributed by atoms with E-state index in [0.717, 1.165) is 43.2 Å². The van der Waals surface area contributed by atoms with E-state index in [1.54, 1.807) is 14.2 Å².